The van der Waals surface area contributed by atoms with Crippen molar-refractivity contribution >= 4 is 0 Å². The molecule has 0 radical (unpaired) electrons. The lowest BCUT2D eigenvalue weighted by Gasteiger charge is -2.35. The van der Waals surface area contributed by atoms with Gasteiger partial charge in [-0.15, -0.1) is 0 Å². The minimum atomic E-state index is -1.45. The predicted molar refractivity (Wildman–Crippen MR) is 102 cm³/mol. The second kappa shape index (κ2) is 7.60. The monoisotopic (exact) mass is 349 g/mol. The standard InChI is InChI=1S/C22H23NO3/c1-25-19-12-6-10-17(14-19)22(24,18-11-7-13-20(15-18)26-2)21(23)16-8-4-3-5-9-16/h3-15,21,24H,23H2,1-2H3. The van der Waals surface area contributed by atoms with Crippen molar-refractivity contribution in [1.29, 1.82) is 0 Å². The molecule has 3 N–H and O–H groups in total. The Morgan fingerprint density at radius 3 is 1.73 bits per heavy atom. The molecule has 0 heterocycles. The summed E-state index contributed by atoms with van der Waals surface area (Å²) in [5.41, 5.74) is 7.28. The van der Waals surface area contributed by atoms with E-state index in [1.54, 1.807) is 14.2 Å². The molecule has 4 nitrogen and oxygen atoms in total. The molecule has 0 saturated carbocycles. The van der Waals surface area contributed by atoms with Gasteiger partial charge in [-0.3, -0.25) is 0 Å². The summed E-state index contributed by atoms with van der Waals surface area (Å²) in [6.45, 7) is 0. The molecule has 0 aliphatic rings. The summed E-state index contributed by atoms with van der Waals surface area (Å²) < 4.78 is 10.7. The van der Waals surface area contributed by atoms with Crippen molar-refractivity contribution in [2.75, 3.05) is 14.2 Å². The van der Waals surface area contributed by atoms with Crippen molar-refractivity contribution in [1.82, 2.24) is 0 Å². The third-order valence-corrected chi connectivity index (χ3v) is 4.63. The van der Waals surface area contributed by atoms with Crippen LogP contribution in [0.3, 0.4) is 0 Å². The van der Waals surface area contributed by atoms with Crippen LogP contribution in [0, 0.1) is 0 Å². The Kier molecular flexibility index (Phi) is 5.26. The lowest BCUT2D eigenvalue weighted by molar-refractivity contribution is 0.0508. The fourth-order valence-electron chi connectivity index (χ4n) is 3.15. The lowest BCUT2D eigenvalue weighted by Crippen LogP contribution is -2.39. The van der Waals surface area contributed by atoms with Crippen molar-refractivity contribution in [2.45, 2.75) is 11.6 Å². The zero-order valence-electron chi connectivity index (χ0n) is 14.9. The highest BCUT2D eigenvalue weighted by Gasteiger charge is 2.39. The topological polar surface area (TPSA) is 64.7 Å². The number of benzene rings is 3. The summed E-state index contributed by atoms with van der Waals surface area (Å²) in [7, 11) is 3.20. The Bertz CT molecular complexity index is 817. The Labute approximate surface area is 153 Å². The van der Waals surface area contributed by atoms with E-state index >= 15 is 0 Å². The minimum absolute atomic E-state index is 0.654. The summed E-state index contributed by atoms with van der Waals surface area (Å²) in [6.07, 6.45) is 0. The summed E-state index contributed by atoms with van der Waals surface area (Å²) in [5, 5.41) is 11.9. The van der Waals surface area contributed by atoms with Crippen LogP contribution in [0.25, 0.3) is 0 Å². The molecular weight excluding hydrogens is 326 g/mol. The second-order valence-electron chi connectivity index (χ2n) is 6.12. The molecular formula is C22H23NO3. The molecule has 134 valence electrons. The quantitative estimate of drug-likeness (QED) is 0.713. The van der Waals surface area contributed by atoms with Gasteiger partial charge in [-0.1, -0.05) is 54.6 Å². The normalized spacial score (nSPS) is 12.5. The number of aliphatic hydroxyl groups is 1. The zero-order chi connectivity index (χ0) is 18.6. The molecule has 0 aliphatic carbocycles. The molecule has 3 aromatic carbocycles. The minimum Gasteiger partial charge on any atom is -0.497 e. The zero-order valence-corrected chi connectivity index (χ0v) is 14.9. The second-order valence-corrected chi connectivity index (χ2v) is 6.12. The molecule has 0 fully saturated rings. The highest BCUT2D eigenvalue weighted by atomic mass is 16.5. The summed E-state index contributed by atoms with van der Waals surface area (Å²) in [4.78, 5) is 0. The third-order valence-electron chi connectivity index (χ3n) is 4.63. The van der Waals surface area contributed by atoms with E-state index in [9.17, 15) is 5.11 Å². The lowest BCUT2D eigenvalue weighted by atomic mass is 9.77. The Balaban J connectivity index is 2.20. The van der Waals surface area contributed by atoms with Crippen molar-refractivity contribution in [2.24, 2.45) is 5.73 Å². The van der Waals surface area contributed by atoms with Gasteiger partial charge < -0.3 is 20.3 Å². The molecule has 4 heteroatoms. The largest absolute Gasteiger partial charge is 0.497 e. The van der Waals surface area contributed by atoms with E-state index in [-0.39, 0.29) is 0 Å². The molecule has 1 atom stereocenters. The van der Waals surface area contributed by atoms with Gasteiger partial charge >= 0.3 is 0 Å². The first-order valence-electron chi connectivity index (χ1n) is 8.41. The van der Waals surface area contributed by atoms with E-state index in [2.05, 4.69) is 0 Å². The maximum atomic E-state index is 11.9. The van der Waals surface area contributed by atoms with Gasteiger partial charge in [0, 0.05) is 0 Å². The molecule has 0 saturated heterocycles. The first-order valence-corrected chi connectivity index (χ1v) is 8.41. The van der Waals surface area contributed by atoms with Crippen LogP contribution in [0.2, 0.25) is 0 Å². The van der Waals surface area contributed by atoms with Crippen molar-refractivity contribution in [3.8, 4) is 11.5 Å². The molecule has 3 rings (SSSR count). The van der Waals surface area contributed by atoms with Crippen LogP contribution in [0.1, 0.15) is 22.7 Å². The number of rotatable bonds is 6. The average molecular weight is 349 g/mol. The molecule has 0 bridgehead atoms. The van der Waals surface area contributed by atoms with Gasteiger partial charge in [-0.05, 0) is 41.0 Å². The van der Waals surface area contributed by atoms with E-state index in [1.807, 2.05) is 78.9 Å². The number of hydrogen-bond acceptors (Lipinski definition) is 4. The summed E-state index contributed by atoms with van der Waals surface area (Å²) in [5.74, 6) is 1.31. The highest BCUT2D eigenvalue weighted by Crippen LogP contribution is 2.41. The smallest absolute Gasteiger partial charge is 0.134 e. The predicted octanol–water partition coefficient (Wildman–Crippen LogP) is 3.64. The van der Waals surface area contributed by atoms with E-state index in [0.29, 0.717) is 22.6 Å². The van der Waals surface area contributed by atoms with Gasteiger partial charge in [-0.25, -0.2) is 0 Å². The van der Waals surface area contributed by atoms with Gasteiger partial charge in [0.1, 0.15) is 17.1 Å². The highest BCUT2D eigenvalue weighted by molar-refractivity contribution is 5.46. The Hall–Kier alpha value is -2.82. The van der Waals surface area contributed by atoms with E-state index in [1.165, 1.54) is 0 Å². The molecule has 0 spiro atoms. The number of ether oxygens (including phenoxy) is 2. The third kappa shape index (κ3) is 3.29. The average Bonchev–Trinajstić information content (AvgIpc) is 2.73. The molecule has 3 aromatic rings. The SMILES string of the molecule is COc1cccc(C(O)(c2cccc(OC)c2)C(N)c2ccccc2)c1. The number of nitrogens with two attached hydrogens (primary N) is 1. The Morgan fingerprint density at radius 1 is 0.769 bits per heavy atom. The maximum Gasteiger partial charge on any atom is 0.134 e. The van der Waals surface area contributed by atoms with Crippen molar-refractivity contribution in [3.63, 3.8) is 0 Å². The molecule has 26 heavy (non-hydrogen) atoms. The molecule has 0 amide bonds. The van der Waals surface area contributed by atoms with Gasteiger partial charge in [-0.2, -0.15) is 0 Å². The molecule has 1 unspecified atom stereocenters. The van der Waals surface area contributed by atoms with Crippen molar-refractivity contribution < 1.29 is 14.6 Å². The fourth-order valence-corrected chi connectivity index (χ4v) is 3.15. The fraction of sp³-hybridized carbons (Fsp3) is 0.182. The van der Waals surface area contributed by atoms with Gasteiger partial charge in [0.15, 0.2) is 0 Å². The number of methoxy groups -OCH3 is 2. The van der Waals surface area contributed by atoms with Crippen molar-refractivity contribution in [3.05, 3.63) is 95.6 Å². The summed E-state index contributed by atoms with van der Waals surface area (Å²) in [6, 6.07) is 23.6. The van der Waals surface area contributed by atoms with Crippen LogP contribution in [0.5, 0.6) is 11.5 Å². The van der Waals surface area contributed by atoms with Gasteiger partial charge in [0.25, 0.3) is 0 Å². The van der Waals surface area contributed by atoms with Crippen LogP contribution in [0.4, 0.5) is 0 Å². The van der Waals surface area contributed by atoms with Gasteiger partial charge in [0.2, 0.25) is 0 Å². The van der Waals surface area contributed by atoms with Crippen LogP contribution in [-0.4, -0.2) is 19.3 Å². The van der Waals surface area contributed by atoms with E-state index < -0.39 is 11.6 Å². The molecule has 0 aromatic heterocycles. The number of hydrogen-bond donors (Lipinski definition) is 2. The maximum absolute atomic E-state index is 11.9. The van der Waals surface area contributed by atoms with Gasteiger partial charge in [0.05, 0.1) is 20.3 Å². The molecule has 0 aliphatic heterocycles. The Morgan fingerprint density at radius 2 is 1.27 bits per heavy atom. The first kappa shape index (κ1) is 18.0. The van der Waals surface area contributed by atoms with Crippen LogP contribution in [-0.2, 0) is 5.60 Å². The van der Waals surface area contributed by atoms with E-state index in [0.717, 1.165) is 5.56 Å². The van der Waals surface area contributed by atoms with Crippen LogP contribution >= 0.6 is 0 Å². The first-order chi connectivity index (χ1) is 12.6. The van der Waals surface area contributed by atoms with Crippen LogP contribution < -0.4 is 15.2 Å². The van der Waals surface area contributed by atoms with Crippen LogP contribution in [0.15, 0.2) is 78.9 Å². The van der Waals surface area contributed by atoms with E-state index in [4.69, 9.17) is 15.2 Å². The summed E-state index contributed by atoms with van der Waals surface area (Å²) >= 11 is 0.